The molecular formula is C24H31N7O3S. The van der Waals surface area contributed by atoms with Gasteiger partial charge in [-0.15, -0.1) is 0 Å². The van der Waals surface area contributed by atoms with E-state index in [1.165, 1.54) is 23.4 Å². The Morgan fingerprint density at radius 3 is 2.49 bits per heavy atom. The maximum absolute atomic E-state index is 13.1. The summed E-state index contributed by atoms with van der Waals surface area (Å²) in [4.78, 5) is 56.5. The molecule has 10 nitrogen and oxygen atoms in total. The summed E-state index contributed by atoms with van der Waals surface area (Å²) in [6, 6.07) is 5.81. The summed E-state index contributed by atoms with van der Waals surface area (Å²) in [5.41, 5.74) is -0.486. The minimum absolute atomic E-state index is 0.00311. The molecule has 0 N–H and O–H groups in total. The number of pyridine rings is 1. The molecule has 0 aromatic carbocycles. The van der Waals surface area contributed by atoms with Crippen molar-refractivity contribution < 1.29 is 4.79 Å². The molecule has 35 heavy (non-hydrogen) atoms. The zero-order chi connectivity index (χ0) is 25.1. The summed E-state index contributed by atoms with van der Waals surface area (Å²) in [6.45, 7) is 8.98. The van der Waals surface area contributed by atoms with E-state index in [1.54, 1.807) is 6.20 Å². The lowest BCUT2D eigenvalue weighted by Gasteiger charge is -2.35. The Morgan fingerprint density at radius 2 is 1.86 bits per heavy atom. The fourth-order valence-corrected chi connectivity index (χ4v) is 5.01. The molecule has 0 bridgehead atoms. The SMILES string of the molecule is CCCn1c(=O)n(C)c(=O)c2c(SCC(=O)N3CCN(c4ccccn4)CC3)nc(C(C)C)nc21. The van der Waals surface area contributed by atoms with Crippen LogP contribution in [0, 0.1) is 0 Å². The molecule has 0 unspecified atom stereocenters. The topological polar surface area (TPSA) is 106 Å². The van der Waals surface area contributed by atoms with Crippen LogP contribution in [-0.4, -0.2) is 66.8 Å². The van der Waals surface area contributed by atoms with Crippen LogP contribution in [0.15, 0.2) is 39.0 Å². The van der Waals surface area contributed by atoms with Crippen LogP contribution >= 0.6 is 11.8 Å². The molecule has 3 aromatic heterocycles. The Kier molecular flexibility index (Phi) is 7.54. The van der Waals surface area contributed by atoms with Gasteiger partial charge in [0.15, 0.2) is 5.65 Å². The number of carbonyl (C=O) groups is 1. The summed E-state index contributed by atoms with van der Waals surface area (Å²) < 4.78 is 2.63. The second-order valence-electron chi connectivity index (χ2n) is 8.88. The standard InChI is InChI=1S/C24H31N7O3S/c1-5-10-31-21-19(23(33)28(4)24(31)34)22(27-20(26-21)16(2)3)35-15-18(32)30-13-11-29(12-14-30)17-8-6-7-9-25-17/h6-9,16H,5,10-15H2,1-4H3. The number of rotatable bonds is 7. The van der Waals surface area contributed by atoms with Crippen LogP contribution in [0.25, 0.3) is 11.0 Å². The van der Waals surface area contributed by atoms with Gasteiger partial charge in [-0.1, -0.05) is 38.6 Å². The largest absolute Gasteiger partial charge is 0.353 e. The molecule has 1 aliphatic heterocycles. The van der Waals surface area contributed by atoms with Crippen LogP contribution in [0.3, 0.4) is 0 Å². The molecule has 1 amide bonds. The number of aromatic nitrogens is 5. The summed E-state index contributed by atoms with van der Waals surface area (Å²) in [5, 5.41) is 0.743. The Balaban J connectivity index is 1.57. The molecular weight excluding hydrogens is 466 g/mol. The van der Waals surface area contributed by atoms with Gasteiger partial charge in [-0.05, 0) is 18.6 Å². The predicted molar refractivity (Wildman–Crippen MR) is 137 cm³/mol. The van der Waals surface area contributed by atoms with E-state index < -0.39 is 11.2 Å². The predicted octanol–water partition coefficient (Wildman–Crippen LogP) is 1.86. The van der Waals surface area contributed by atoms with Crippen LogP contribution in [0.5, 0.6) is 0 Å². The fourth-order valence-electron chi connectivity index (χ4n) is 4.09. The van der Waals surface area contributed by atoms with E-state index >= 15 is 0 Å². The third-order valence-electron chi connectivity index (χ3n) is 6.07. The zero-order valence-electron chi connectivity index (χ0n) is 20.6. The first-order valence-electron chi connectivity index (χ1n) is 11.9. The Hall–Kier alpha value is -3.21. The summed E-state index contributed by atoms with van der Waals surface area (Å²) in [5.74, 6) is 1.62. The Labute approximate surface area is 208 Å². The monoisotopic (exact) mass is 497 g/mol. The Bertz CT molecular complexity index is 1330. The second-order valence-corrected chi connectivity index (χ2v) is 9.85. The summed E-state index contributed by atoms with van der Waals surface area (Å²) in [7, 11) is 1.47. The van der Waals surface area contributed by atoms with Crippen molar-refractivity contribution in [2.45, 2.75) is 44.7 Å². The van der Waals surface area contributed by atoms with Crippen molar-refractivity contribution in [2.75, 3.05) is 36.8 Å². The smallest absolute Gasteiger partial charge is 0.332 e. The molecule has 1 fully saturated rings. The lowest BCUT2D eigenvalue weighted by atomic mass is 10.2. The quantitative estimate of drug-likeness (QED) is 0.360. The third-order valence-corrected chi connectivity index (χ3v) is 7.03. The highest BCUT2D eigenvalue weighted by Gasteiger charge is 2.24. The van der Waals surface area contributed by atoms with Crippen LogP contribution in [0.4, 0.5) is 5.82 Å². The number of nitrogens with zero attached hydrogens (tertiary/aromatic N) is 7. The average molecular weight is 498 g/mol. The van der Waals surface area contributed by atoms with E-state index in [0.29, 0.717) is 54.6 Å². The van der Waals surface area contributed by atoms with Crippen LogP contribution in [0.2, 0.25) is 0 Å². The van der Waals surface area contributed by atoms with Crippen molar-refractivity contribution in [2.24, 2.45) is 7.05 Å². The number of aryl methyl sites for hydroxylation is 1. The molecule has 1 aliphatic rings. The first-order chi connectivity index (χ1) is 16.8. The molecule has 4 heterocycles. The van der Waals surface area contributed by atoms with E-state index in [4.69, 9.17) is 0 Å². The highest BCUT2D eigenvalue weighted by atomic mass is 32.2. The normalized spacial score (nSPS) is 14.2. The molecule has 0 radical (unpaired) electrons. The zero-order valence-corrected chi connectivity index (χ0v) is 21.4. The maximum Gasteiger partial charge on any atom is 0.332 e. The van der Waals surface area contributed by atoms with Crippen LogP contribution in [0.1, 0.15) is 38.9 Å². The molecule has 0 spiro atoms. The molecule has 0 atom stereocenters. The van der Waals surface area contributed by atoms with Gasteiger partial charge in [-0.2, -0.15) is 0 Å². The molecule has 0 saturated carbocycles. The average Bonchev–Trinajstić information content (AvgIpc) is 2.88. The molecule has 186 valence electrons. The number of hydrogen-bond donors (Lipinski definition) is 0. The van der Waals surface area contributed by atoms with Crippen molar-refractivity contribution in [3.05, 3.63) is 51.1 Å². The van der Waals surface area contributed by atoms with Crippen LogP contribution < -0.4 is 16.1 Å². The highest BCUT2D eigenvalue weighted by Crippen LogP contribution is 2.25. The van der Waals surface area contributed by atoms with Crippen molar-refractivity contribution in [3.8, 4) is 0 Å². The number of fused-ring (bicyclic) bond motifs is 1. The van der Waals surface area contributed by atoms with Gasteiger partial charge in [-0.3, -0.25) is 18.7 Å². The van der Waals surface area contributed by atoms with Gasteiger partial charge in [0.1, 0.15) is 22.1 Å². The number of piperazine rings is 1. The van der Waals surface area contributed by atoms with Crippen LogP contribution in [-0.2, 0) is 18.4 Å². The van der Waals surface area contributed by atoms with E-state index in [0.717, 1.165) is 16.8 Å². The third kappa shape index (κ3) is 5.09. The molecule has 11 heteroatoms. The minimum atomic E-state index is -0.438. The van der Waals surface area contributed by atoms with Gasteiger partial charge in [0, 0.05) is 51.9 Å². The number of carbonyl (C=O) groups excluding carboxylic acids is 1. The van der Waals surface area contributed by atoms with Gasteiger partial charge >= 0.3 is 5.69 Å². The number of amides is 1. The van der Waals surface area contributed by atoms with E-state index in [2.05, 4.69) is 19.9 Å². The van der Waals surface area contributed by atoms with E-state index in [-0.39, 0.29) is 17.6 Å². The summed E-state index contributed by atoms with van der Waals surface area (Å²) >= 11 is 1.24. The van der Waals surface area contributed by atoms with Gasteiger partial charge in [0.05, 0.1) is 5.75 Å². The number of thioether (sulfide) groups is 1. The lowest BCUT2D eigenvalue weighted by Crippen LogP contribution is -2.49. The van der Waals surface area contributed by atoms with Crippen molar-refractivity contribution in [1.29, 1.82) is 0 Å². The number of anilines is 1. The van der Waals surface area contributed by atoms with Gasteiger partial charge in [0.2, 0.25) is 5.91 Å². The fraction of sp³-hybridized carbons (Fsp3) is 0.500. The molecule has 0 aliphatic carbocycles. The van der Waals surface area contributed by atoms with Gasteiger partial charge in [0.25, 0.3) is 5.56 Å². The molecule has 1 saturated heterocycles. The number of hydrogen-bond acceptors (Lipinski definition) is 8. The van der Waals surface area contributed by atoms with E-state index in [1.807, 2.05) is 43.9 Å². The van der Waals surface area contributed by atoms with Gasteiger partial charge in [-0.25, -0.2) is 19.7 Å². The highest BCUT2D eigenvalue weighted by molar-refractivity contribution is 8.00. The van der Waals surface area contributed by atoms with Crippen molar-refractivity contribution in [1.82, 2.24) is 29.0 Å². The van der Waals surface area contributed by atoms with E-state index in [9.17, 15) is 14.4 Å². The molecule has 4 rings (SSSR count). The first kappa shape index (κ1) is 24.9. The lowest BCUT2D eigenvalue weighted by molar-refractivity contribution is -0.128. The van der Waals surface area contributed by atoms with Crippen molar-refractivity contribution >= 4 is 34.5 Å². The minimum Gasteiger partial charge on any atom is -0.353 e. The first-order valence-corrected chi connectivity index (χ1v) is 12.9. The second kappa shape index (κ2) is 10.6. The van der Waals surface area contributed by atoms with Gasteiger partial charge < -0.3 is 9.80 Å². The van der Waals surface area contributed by atoms with Crippen molar-refractivity contribution in [3.63, 3.8) is 0 Å². The Morgan fingerprint density at radius 1 is 1.11 bits per heavy atom. The maximum atomic E-state index is 13.1. The summed E-state index contributed by atoms with van der Waals surface area (Å²) in [6.07, 6.45) is 2.49. The molecule has 3 aromatic rings.